The molecule has 0 saturated carbocycles. The first kappa shape index (κ1) is 16.3. The van der Waals surface area contributed by atoms with Crippen molar-refractivity contribution in [3.8, 4) is 0 Å². The Morgan fingerprint density at radius 3 is 2.73 bits per heavy atom. The van der Waals surface area contributed by atoms with Gasteiger partial charge in [-0.15, -0.1) is 0 Å². The Hall–Kier alpha value is -2.11. The number of hydrogen-bond donors (Lipinski definition) is 1. The highest BCUT2D eigenvalue weighted by atomic mass is 16.6. The molecule has 1 aliphatic heterocycles. The topological polar surface area (TPSA) is 71.5 Å². The van der Waals surface area contributed by atoms with E-state index in [0.29, 0.717) is 18.8 Å². The van der Waals surface area contributed by atoms with E-state index in [9.17, 15) is 9.59 Å². The molecule has 1 aromatic heterocycles. The van der Waals surface area contributed by atoms with Crippen LogP contribution in [0.2, 0.25) is 0 Å². The zero-order chi connectivity index (χ0) is 16.3. The molecule has 2 amide bonds. The van der Waals surface area contributed by atoms with Crippen LogP contribution in [0.25, 0.3) is 0 Å². The molecular formula is C16H23N3O3. The van der Waals surface area contributed by atoms with Gasteiger partial charge in [-0.05, 0) is 52.7 Å². The Labute approximate surface area is 130 Å². The smallest absolute Gasteiger partial charge is 0.410 e. The molecule has 120 valence electrons. The van der Waals surface area contributed by atoms with E-state index in [2.05, 4.69) is 10.3 Å². The zero-order valence-electron chi connectivity index (χ0n) is 13.5. The molecule has 22 heavy (non-hydrogen) atoms. The first-order chi connectivity index (χ1) is 10.3. The summed E-state index contributed by atoms with van der Waals surface area (Å²) in [6.07, 6.45) is 0.984. The van der Waals surface area contributed by atoms with Gasteiger partial charge in [0.2, 0.25) is 5.91 Å². The van der Waals surface area contributed by atoms with Crippen LogP contribution in [0.4, 0.5) is 10.6 Å². The zero-order valence-corrected chi connectivity index (χ0v) is 13.5. The Morgan fingerprint density at radius 2 is 2.09 bits per heavy atom. The van der Waals surface area contributed by atoms with Gasteiger partial charge < -0.3 is 10.1 Å². The molecule has 1 atom stereocenters. The maximum atomic E-state index is 12.4. The lowest BCUT2D eigenvalue weighted by Crippen LogP contribution is -2.45. The van der Waals surface area contributed by atoms with Gasteiger partial charge in [-0.25, -0.2) is 9.78 Å². The molecular weight excluding hydrogens is 282 g/mol. The number of amides is 2. The van der Waals surface area contributed by atoms with Gasteiger partial charge in [0.1, 0.15) is 17.5 Å². The number of ether oxygens (including phenoxy) is 1. The predicted molar refractivity (Wildman–Crippen MR) is 83.6 cm³/mol. The number of anilines is 1. The summed E-state index contributed by atoms with van der Waals surface area (Å²) >= 11 is 0. The van der Waals surface area contributed by atoms with E-state index < -0.39 is 17.7 Å². The van der Waals surface area contributed by atoms with Crippen LogP contribution in [0.15, 0.2) is 18.2 Å². The molecule has 2 heterocycles. The molecule has 1 aliphatic rings. The SMILES string of the molecule is Cc1cccc(NC(=O)C2CCCN2C(=O)OC(C)(C)C)n1. The Morgan fingerprint density at radius 1 is 1.36 bits per heavy atom. The number of aryl methyl sites for hydroxylation is 1. The van der Waals surface area contributed by atoms with Crippen LogP contribution < -0.4 is 5.32 Å². The van der Waals surface area contributed by atoms with E-state index in [1.807, 2.05) is 39.8 Å². The van der Waals surface area contributed by atoms with Gasteiger partial charge >= 0.3 is 6.09 Å². The third kappa shape index (κ3) is 4.19. The molecule has 0 aliphatic carbocycles. The minimum Gasteiger partial charge on any atom is -0.444 e. The van der Waals surface area contributed by atoms with Crippen molar-refractivity contribution in [2.45, 2.75) is 52.2 Å². The number of carbonyl (C=O) groups is 2. The van der Waals surface area contributed by atoms with Crippen LogP contribution in [-0.4, -0.2) is 40.1 Å². The lowest BCUT2D eigenvalue weighted by Gasteiger charge is -2.27. The average Bonchev–Trinajstić information content (AvgIpc) is 2.85. The minimum atomic E-state index is -0.571. The van der Waals surface area contributed by atoms with Gasteiger partial charge in [-0.1, -0.05) is 6.07 Å². The molecule has 2 rings (SSSR count). The van der Waals surface area contributed by atoms with E-state index in [-0.39, 0.29) is 5.91 Å². The molecule has 6 nitrogen and oxygen atoms in total. The number of carbonyl (C=O) groups excluding carboxylic acids is 2. The van der Waals surface area contributed by atoms with Crippen molar-refractivity contribution in [2.24, 2.45) is 0 Å². The summed E-state index contributed by atoms with van der Waals surface area (Å²) < 4.78 is 5.36. The second-order valence-electron chi connectivity index (χ2n) is 6.49. The number of pyridine rings is 1. The van der Waals surface area contributed by atoms with Crippen molar-refractivity contribution in [1.29, 1.82) is 0 Å². The molecule has 6 heteroatoms. The van der Waals surface area contributed by atoms with E-state index >= 15 is 0 Å². The van der Waals surface area contributed by atoms with E-state index in [1.54, 1.807) is 6.07 Å². The lowest BCUT2D eigenvalue weighted by molar-refractivity contribution is -0.120. The van der Waals surface area contributed by atoms with Crippen LogP contribution in [0.5, 0.6) is 0 Å². The highest BCUT2D eigenvalue weighted by molar-refractivity contribution is 5.96. The summed E-state index contributed by atoms with van der Waals surface area (Å²) in [4.78, 5) is 30.3. The standard InChI is InChI=1S/C16H23N3O3/c1-11-7-5-9-13(17-11)18-14(20)12-8-6-10-19(12)15(21)22-16(2,3)4/h5,7,9,12H,6,8,10H2,1-4H3,(H,17,18,20). The number of rotatable bonds is 2. The van der Waals surface area contributed by atoms with Gasteiger partial charge in [-0.2, -0.15) is 0 Å². The lowest BCUT2D eigenvalue weighted by atomic mass is 10.2. The highest BCUT2D eigenvalue weighted by Gasteiger charge is 2.36. The second kappa shape index (κ2) is 6.34. The summed E-state index contributed by atoms with van der Waals surface area (Å²) in [6.45, 7) is 7.83. The monoisotopic (exact) mass is 305 g/mol. The van der Waals surface area contributed by atoms with Crippen LogP contribution in [-0.2, 0) is 9.53 Å². The third-order valence-electron chi connectivity index (χ3n) is 3.32. The molecule has 1 saturated heterocycles. The molecule has 1 aromatic rings. The normalized spacial score (nSPS) is 18.2. The van der Waals surface area contributed by atoms with E-state index in [4.69, 9.17) is 4.74 Å². The quantitative estimate of drug-likeness (QED) is 0.912. The van der Waals surface area contributed by atoms with Crippen LogP contribution in [0.1, 0.15) is 39.3 Å². The van der Waals surface area contributed by atoms with Crippen molar-refractivity contribution in [1.82, 2.24) is 9.88 Å². The molecule has 0 radical (unpaired) electrons. The summed E-state index contributed by atoms with van der Waals surface area (Å²) in [7, 11) is 0. The summed E-state index contributed by atoms with van der Waals surface area (Å²) in [5, 5.41) is 2.77. The number of nitrogens with one attached hydrogen (secondary N) is 1. The molecule has 1 unspecified atom stereocenters. The first-order valence-electron chi connectivity index (χ1n) is 7.50. The van der Waals surface area contributed by atoms with Gasteiger partial charge in [0.25, 0.3) is 0 Å². The van der Waals surface area contributed by atoms with Crippen molar-refractivity contribution in [3.63, 3.8) is 0 Å². The summed E-state index contributed by atoms with van der Waals surface area (Å²) in [6, 6.07) is 4.92. The predicted octanol–water partition coefficient (Wildman–Crippen LogP) is 2.73. The van der Waals surface area contributed by atoms with Gasteiger partial charge in [0.05, 0.1) is 0 Å². The largest absolute Gasteiger partial charge is 0.444 e. The van der Waals surface area contributed by atoms with Crippen molar-refractivity contribution in [2.75, 3.05) is 11.9 Å². The van der Waals surface area contributed by atoms with Gasteiger partial charge in [-0.3, -0.25) is 9.69 Å². The molecule has 1 fully saturated rings. The van der Waals surface area contributed by atoms with Crippen molar-refractivity contribution < 1.29 is 14.3 Å². The van der Waals surface area contributed by atoms with E-state index in [1.165, 1.54) is 4.90 Å². The Balaban J connectivity index is 2.03. The van der Waals surface area contributed by atoms with Crippen LogP contribution in [0.3, 0.4) is 0 Å². The molecule has 0 aromatic carbocycles. The van der Waals surface area contributed by atoms with Crippen molar-refractivity contribution in [3.05, 3.63) is 23.9 Å². The third-order valence-corrected chi connectivity index (χ3v) is 3.32. The fourth-order valence-electron chi connectivity index (χ4n) is 2.40. The molecule has 0 spiro atoms. The maximum absolute atomic E-state index is 12.4. The number of aromatic nitrogens is 1. The average molecular weight is 305 g/mol. The second-order valence-corrected chi connectivity index (χ2v) is 6.49. The minimum absolute atomic E-state index is 0.221. The highest BCUT2D eigenvalue weighted by Crippen LogP contribution is 2.22. The van der Waals surface area contributed by atoms with Crippen LogP contribution >= 0.6 is 0 Å². The summed E-state index contributed by atoms with van der Waals surface area (Å²) in [5.74, 6) is 0.280. The summed E-state index contributed by atoms with van der Waals surface area (Å²) in [5.41, 5.74) is 0.256. The Kier molecular flexibility index (Phi) is 4.68. The first-order valence-corrected chi connectivity index (χ1v) is 7.50. The number of nitrogens with zero attached hydrogens (tertiary/aromatic N) is 2. The maximum Gasteiger partial charge on any atom is 0.410 e. The van der Waals surface area contributed by atoms with Gasteiger partial charge in [0.15, 0.2) is 0 Å². The van der Waals surface area contributed by atoms with Gasteiger partial charge in [0, 0.05) is 12.2 Å². The van der Waals surface area contributed by atoms with Crippen molar-refractivity contribution >= 4 is 17.8 Å². The van der Waals surface area contributed by atoms with Crippen LogP contribution in [0, 0.1) is 6.92 Å². The fourth-order valence-corrected chi connectivity index (χ4v) is 2.40. The molecule has 0 bridgehead atoms. The number of likely N-dealkylation sites (tertiary alicyclic amines) is 1. The Bertz CT molecular complexity index is 566. The fraction of sp³-hybridized carbons (Fsp3) is 0.562. The number of hydrogen-bond acceptors (Lipinski definition) is 4. The molecule has 1 N–H and O–H groups in total. The van der Waals surface area contributed by atoms with E-state index in [0.717, 1.165) is 12.1 Å².